The summed E-state index contributed by atoms with van der Waals surface area (Å²) in [4.78, 5) is -0.0220. The van der Waals surface area contributed by atoms with Gasteiger partial charge in [-0.1, -0.05) is 20.8 Å². The van der Waals surface area contributed by atoms with Gasteiger partial charge < -0.3 is 15.6 Å². The summed E-state index contributed by atoms with van der Waals surface area (Å²) in [7, 11) is -2.28. The first-order chi connectivity index (χ1) is 9.55. The van der Waals surface area contributed by atoms with Crippen LogP contribution in [0.5, 0.6) is 5.75 Å². The van der Waals surface area contributed by atoms with Crippen LogP contribution >= 0.6 is 0 Å². The van der Waals surface area contributed by atoms with Gasteiger partial charge in [-0.3, -0.25) is 0 Å². The summed E-state index contributed by atoms with van der Waals surface area (Å²) in [6.07, 6.45) is -0.257. The molecule has 4 N–H and O–H groups in total. The summed E-state index contributed by atoms with van der Waals surface area (Å²) >= 11 is 0. The molecule has 0 aliphatic heterocycles. The molecule has 1 unspecified atom stereocenters. The number of hydrogen-bond donors (Lipinski definition) is 3. The number of benzene rings is 1. The van der Waals surface area contributed by atoms with Crippen molar-refractivity contribution in [3.8, 4) is 5.75 Å². The van der Waals surface area contributed by atoms with Crippen LogP contribution < -0.4 is 15.2 Å². The van der Waals surface area contributed by atoms with Crippen LogP contribution in [0.2, 0.25) is 0 Å². The van der Waals surface area contributed by atoms with Gasteiger partial charge in [0.1, 0.15) is 10.6 Å². The SMILES string of the molecule is COc1ccc(S(=O)(=O)NCC(O)CC(C)(C)C)c(N)c1. The lowest BCUT2D eigenvalue weighted by atomic mass is 9.89. The molecule has 0 bridgehead atoms. The molecule has 0 radical (unpaired) electrons. The van der Waals surface area contributed by atoms with E-state index in [1.165, 1.54) is 25.3 Å². The van der Waals surface area contributed by atoms with E-state index < -0.39 is 16.1 Å². The maximum Gasteiger partial charge on any atom is 0.242 e. The summed E-state index contributed by atoms with van der Waals surface area (Å²) in [5, 5.41) is 9.87. The van der Waals surface area contributed by atoms with Gasteiger partial charge >= 0.3 is 0 Å². The molecule has 1 atom stereocenters. The predicted molar refractivity (Wildman–Crippen MR) is 82.7 cm³/mol. The first-order valence-corrected chi connectivity index (χ1v) is 8.15. The van der Waals surface area contributed by atoms with Crippen LogP contribution in [-0.2, 0) is 10.0 Å². The summed E-state index contributed by atoms with van der Waals surface area (Å²) in [6, 6.07) is 4.35. The van der Waals surface area contributed by atoms with E-state index in [0.29, 0.717) is 12.2 Å². The Balaban J connectivity index is 2.78. The molecule has 0 heterocycles. The number of nitrogen functional groups attached to an aromatic ring is 1. The number of hydrogen-bond acceptors (Lipinski definition) is 5. The molecule has 1 aromatic rings. The molecule has 0 saturated heterocycles. The third-order valence-corrected chi connectivity index (χ3v) is 4.36. The first kappa shape index (κ1) is 17.7. The van der Waals surface area contributed by atoms with E-state index in [1.54, 1.807) is 0 Å². The third kappa shape index (κ3) is 5.53. The highest BCUT2D eigenvalue weighted by Gasteiger charge is 2.21. The average molecular weight is 316 g/mol. The van der Waals surface area contributed by atoms with Gasteiger partial charge in [-0.25, -0.2) is 13.1 Å². The van der Waals surface area contributed by atoms with Crippen LogP contribution in [-0.4, -0.2) is 33.3 Å². The minimum atomic E-state index is -3.76. The standard InChI is InChI=1S/C14H24N2O4S/c1-14(2,3)8-10(17)9-16-21(18,19)13-6-5-11(20-4)7-12(13)15/h5-7,10,16-17H,8-9,15H2,1-4H3. The monoisotopic (exact) mass is 316 g/mol. The lowest BCUT2D eigenvalue weighted by molar-refractivity contribution is 0.125. The van der Waals surface area contributed by atoms with E-state index in [1.807, 2.05) is 20.8 Å². The quantitative estimate of drug-likeness (QED) is 0.688. The fourth-order valence-electron chi connectivity index (χ4n) is 1.96. The Kier molecular flexibility index (Phi) is 5.61. The zero-order valence-electron chi connectivity index (χ0n) is 12.9. The summed E-state index contributed by atoms with van der Waals surface area (Å²) in [5.74, 6) is 0.485. The average Bonchev–Trinajstić information content (AvgIpc) is 2.34. The van der Waals surface area contributed by atoms with E-state index >= 15 is 0 Å². The molecular weight excluding hydrogens is 292 g/mol. The minimum absolute atomic E-state index is 0.0220. The molecule has 0 spiro atoms. The smallest absolute Gasteiger partial charge is 0.242 e. The highest BCUT2D eigenvalue weighted by Crippen LogP contribution is 2.24. The molecule has 21 heavy (non-hydrogen) atoms. The molecule has 0 amide bonds. The highest BCUT2D eigenvalue weighted by atomic mass is 32.2. The number of rotatable bonds is 6. The van der Waals surface area contributed by atoms with Crippen LogP contribution in [0, 0.1) is 5.41 Å². The molecule has 1 aromatic carbocycles. The van der Waals surface area contributed by atoms with E-state index in [0.717, 1.165) is 0 Å². The number of sulfonamides is 1. The molecule has 6 nitrogen and oxygen atoms in total. The maximum absolute atomic E-state index is 12.2. The molecule has 0 aliphatic carbocycles. The zero-order chi connectivity index (χ0) is 16.3. The lowest BCUT2D eigenvalue weighted by Gasteiger charge is -2.22. The predicted octanol–water partition coefficient (Wildman–Crippen LogP) is 1.35. The fraction of sp³-hybridized carbons (Fsp3) is 0.571. The van der Waals surface area contributed by atoms with Gasteiger partial charge in [0.05, 0.1) is 18.9 Å². The van der Waals surface area contributed by atoms with Gasteiger partial charge in [0.15, 0.2) is 0 Å². The Hall–Kier alpha value is -1.31. The van der Waals surface area contributed by atoms with Crippen LogP contribution in [0.25, 0.3) is 0 Å². The Morgan fingerprint density at radius 3 is 2.48 bits per heavy atom. The summed E-state index contributed by atoms with van der Waals surface area (Å²) in [5.41, 5.74) is 5.75. The molecule has 7 heteroatoms. The molecule has 0 fully saturated rings. The van der Waals surface area contributed by atoms with E-state index in [-0.39, 0.29) is 22.5 Å². The number of ether oxygens (including phenoxy) is 1. The fourth-order valence-corrected chi connectivity index (χ4v) is 3.14. The second kappa shape index (κ2) is 6.64. The Bertz CT molecular complexity index is 579. The molecule has 0 aliphatic rings. The minimum Gasteiger partial charge on any atom is -0.497 e. The van der Waals surface area contributed by atoms with Crippen molar-refractivity contribution in [2.45, 2.75) is 38.2 Å². The van der Waals surface area contributed by atoms with Crippen molar-refractivity contribution < 1.29 is 18.3 Å². The van der Waals surface area contributed by atoms with Gasteiger partial charge in [0.2, 0.25) is 10.0 Å². The van der Waals surface area contributed by atoms with Crippen molar-refractivity contribution in [3.63, 3.8) is 0 Å². The number of anilines is 1. The van der Waals surface area contributed by atoms with Crippen molar-refractivity contribution >= 4 is 15.7 Å². The van der Waals surface area contributed by atoms with Gasteiger partial charge in [-0.2, -0.15) is 0 Å². The van der Waals surface area contributed by atoms with E-state index in [9.17, 15) is 13.5 Å². The van der Waals surface area contributed by atoms with E-state index in [4.69, 9.17) is 10.5 Å². The highest BCUT2D eigenvalue weighted by molar-refractivity contribution is 7.89. The molecule has 0 aromatic heterocycles. The Morgan fingerprint density at radius 2 is 2.00 bits per heavy atom. The number of methoxy groups -OCH3 is 1. The zero-order valence-corrected chi connectivity index (χ0v) is 13.7. The molecule has 120 valence electrons. The van der Waals surface area contributed by atoms with Gasteiger partial charge in [-0.15, -0.1) is 0 Å². The van der Waals surface area contributed by atoms with Crippen molar-refractivity contribution in [3.05, 3.63) is 18.2 Å². The van der Waals surface area contributed by atoms with Gasteiger partial charge in [0, 0.05) is 12.6 Å². The number of aliphatic hydroxyl groups excluding tert-OH is 1. The van der Waals surface area contributed by atoms with Crippen molar-refractivity contribution in [2.75, 3.05) is 19.4 Å². The van der Waals surface area contributed by atoms with Crippen LogP contribution in [0.15, 0.2) is 23.1 Å². The Labute approximate surface area is 126 Å². The second-order valence-corrected chi connectivity index (χ2v) is 7.91. The van der Waals surface area contributed by atoms with Gasteiger partial charge in [0.25, 0.3) is 0 Å². The van der Waals surface area contributed by atoms with Crippen molar-refractivity contribution in [1.82, 2.24) is 4.72 Å². The maximum atomic E-state index is 12.2. The topological polar surface area (TPSA) is 102 Å². The van der Waals surface area contributed by atoms with E-state index in [2.05, 4.69) is 4.72 Å². The Morgan fingerprint density at radius 1 is 1.38 bits per heavy atom. The molecule has 0 saturated carbocycles. The van der Waals surface area contributed by atoms with Crippen LogP contribution in [0.1, 0.15) is 27.2 Å². The first-order valence-electron chi connectivity index (χ1n) is 6.66. The third-order valence-electron chi connectivity index (χ3n) is 2.86. The van der Waals surface area contributed by atoms with Crippen LogP contribution in [0.4, 0.5) is 5.69 Å². The van der Waals surface area contributed by atoms with Crippen LogP contribution in [0.3, 0.4) is 0 Å². The number of aliphatic hydroxyl groups is 1. The number of nitrogens with two attached hydrogens (primary N) is 1. The second-order valence-electron chi connectivity index (χ2n) is 6.17. The molecule has 1 rings (SSSR count). The largest absolute Gasteiger partial charge is 0.497 e. The van der Waals surface area contributed by atoms with Crippen molar-refractivity contribution in [2.24, 2.45) is 5.41 Å². The van der Waals surface area contributed by atoms with Gasteiger partial charge in [-0.05, 0) is 24.0 Å². The number of nitrogens with one attached hydrogen (secondary N) is 1. The molecular formula is C14H24N2O4S. The summed E-state index contributed by atoms with van der Waals surface area (Å²) in [6.45, 7) is 5.88. The summed E-state index contributed by atoms with van der Waals surface area (Å²) < 4.78 is 31.7. The lowest BCUT2D eigenvalue weighted by Crippen LogP contribution is -2.34. The van der Waals surface area contributed by atoms with Crippen molar-refractivity contribution in [1.29, 1.82) is 0 Å². The normalized spacial score (nSPS) is 14.0.